The van der Waals surface area contributed by atoms with E-state index in [4.69, 9.17) is 4.74 Å². The highest BCUT2D eigenvalue weighted by molar-refractivity contribution is 5.83. The fourth-order valence-electron chi connectivity index (χ4n) is 4.97. The third-order valence-corrected chi connectivity index (χ3v) is 6.85. The Bertz CT molecular complexity index is 764. The van der Waals surface area contributed by atoms with Crippen LogP contribution in [0.1, 0.15) is 63.9 Å². The number of unbranched alkanes of at least 4 members (excludes halogenated alkanes) is 4. The number of likely N-dealkylation sites (tertiary alicyclic amines) is 1. The fourth-order valence-corrected chi connectivity index (χ4v) is 4.97. The average Bonchev–Trinajstić information content (AvgIpc) is 2.79. The van der Waals surface area contributed by atoms with Gasteiger partial charge in [0, 0.05) is 24.7 Å². The number of nitrogens with zero attached hydrogens (tertiary/aromatic N) is 2. The lowest BCUT2D eigenvalue weighted by molar-refractivity contribution is 0.0665. The molecule has 4 heteroatoms. The molecule has 0 bridgehead atoms. The van der Waals surface area contributed by atoms with E-state index in [-0.39, 0.29) is 0 Å². The summed E-state index contributed by atoms with van der Waals surface area (Å²) in [4.78, 5) is 7.08. The summed E-state index contributed by atoms with van der Waals surface area (Å²) in [7, 11) is 1.71. The van der Waals surface area contributed by atoms with Crippen LogP contribution in [0.5, 0.6) is 5.75 Å². The third kappa shape index (κ3) is 6.42. The molecule has 4 nitrogen and oxygen atoms in total. The lowest BCUT2D eigenvalue weighted by atomic mass is 9.82. The topological polar surface area (TPSA) is 45.6 Å². The molecule has 166 valence electrons. The maximum Gasteiger partial charge on any atom is 0.119 e. The van der Waals surface area contributed by atoms with Gasteiger partial charge in [0.05, 0.1) is 12.6 Å². The molecule has 1 N–H and O–H groups in total. The Morgan fingerprint density at radius 3 is 2.77 bits per heavy atom. The molecule has 1 fully saturated rings. The second-order valence-corrected chi connectivity index (χ2v) is 8.95. The highest BCUT2D eigenvalue weighted by Gasteiger charge is 2.28. The zero-order valence-electron chi connectivity index (χ0n) is 19.0. The number of aromatic nitrogens is 1. The molecule has 0 amide bonds. The second kappa shape index (κ2) is 12.3. The first kappa shape index (κ1) is 23.0. The van der Waals surface area contributed by atoms with Gasteiger partial charge in [-0.05, 0) is 86.9 Å². The molecule has 0 radical (unpaired) electrons. The van der Waals surface area contributed by atoms with E-state index in [0.29, 0.717) is 18.4 Å². The molecule has 1 aromatic heterocycles. The molecule has 0 unspecified atom stereocenters. The number of hydrogen-bond acceptors (Lipinski definition) is 4. The number of benzene rings is 1. The lowest BCUT2D eigenvalue weighted by Gasteiger charge is -2.38. The van der Waals surface area contributed by atoms with Gasteiger partial charge in [0.25, 0.3) is 0 Å². The monoisotopic (exact) mass is 412 g/mol. The summed E-state index contributed by atoms with van der Waals surface area (Å²) in [5.41, 5.74) is 2.39. The van der Waals surface area contributed by atoms with Crippen molar-refractivity contribution in [1.82, 2.24) is 9.88 Å². The molecule has 2 atom stereocenters. The van der Waals surface area contributed by atoms with Gasteiger partial charge in [-0.1, -0.05) is 32.6 Å². The summed E-state index contributed by atoms with van der Waals surface area (Å²) in [6, 6.07) is 8.26. The van der Waals surface area contributed by atoms with E-state index in [0.717, 1.165) is 30.7 Å². The predicted molar refractivity (Wildman–Crippen MR) is 125 cm³/mol. The van der Waals surface area contributed by atoms with Crippen LogP contribution >= 0.6 is 0 Å². The highest BCUT2D eigenvalue weighted by atomic mass is 16.5. The highest BCUT2D eigenvalue weighted by Crippen LogP contribution is 2.29. The number of aliphatic hydroxyl groups is 1. The lowest BCUT2D eigenvalue weighted by Crippen LogP contribution is -2.42. The van der Waals surface area contributed by atoms with Crippen molar-refractivity contribution in [1.29, 1.82) is 0 Å². The summed E-state index contributed by atoms with van der Waals surface area (Å²) in [6.07, 6.45) is 13.3. The number of fused-ring (bicyclic) bond motifs is 1. The molecule has 2 heterocycles. The van der Waals surface area contributed by atoms with Crippen LogP contribution in [0.3, 0.4) is 0 Å². The summed E-state index contributed by atoms with van der Waals surface area (Å²) in [5, 5.41) is 11.2. The number of pyridine rings is 1. The van der Waals surface area contributed by atoms with Crippen molar-refractivity contribution in [3.05, 3.63) is 36.0 Å². The largest absolute Gasteiger partial charge is 0.497 e. The normalized spacial score (nSPS) is 20.0. The number of aliphatic hydroxyl groups excluding tert-OH is 1. The molecule has 0 spiro atoms. The molecule has 1 aliphatic heterocycles. The molecule has 0 saturated carbocycles. The van der Waals surface area contributed by atoms with Crippen molar-refractivity contribution >= 4 is 10.9 Å². The molecule has 0 aliphatic carbocycles. The fraction of sp³-hybridized carbons (Fsp3) is 0.654. The van der Waals surface area contributed by atoms with Gasteiger partial charge in [0.1, 0.15) is 5.75 Å². The smallest absolute Gasteiger partial charge is 0.119 e. The molecule has 30 heavy (non-hydrogen) atoms. The van der Waals surface area contributed by atoms with Crippen LogP contribution in [-0.4, -0.2) is 48.3 Å². The quantitative estimate of drug-likeness (QED) is 0.470. The Morgan fingerprint density at radius 2 is 1.97 bits per heavy atom. The number of rotatable bonds is 12. The predicted octanol–water partition coefficient (Wildman–Crippen LogP) is 5.47. The molecule has 1 aromatic carbocycles. The summed E-state index contributed by atoms with van der Waals surface area (Å²) in [6.45, 7) is 6.07. The molecule has 2 aromatic rings. The van der Waals surface area contributed by atoms with Gasteiger partial charge in [-0.25, -0.2) is 0 Å². The Morgan fingerprint density at radius 1 is 1.10 bits per heavy atom. The second-order valence-electron chi connectivity index (χ2n) is 8.95. The third-order valence-electron chi connectivity index (χ3n) is 6.85. The number of ether oxygens (including phenoxy) is 1. The van der Waals surface area contributed by atoms with Crippen LogP contribution in [0.15, 0.2) is 30.5 Å². The zero-order valence-corrected chi connectivity index (χ0v) is 19.0. The van der Waals surface area contributed by atoms with E-state index in [9.17, 15) is 5.11 Å². The van der Waals surface area contributed by atoms with Gasteiger partial charge < -0.3 is 14.7 Å². The van der Waals surface area contributed by atoms with Crippen molar-refractivity contribution in [3.63, 3.8) is 0 Å². The number of methoxy groups -OCH3 is 1. The average molecular weight is 413 g/mol. The first-order chi connectivity index (χ1) is 14.7. The van der Waals surface area contributed by atoms with Gasteiger partial charge in [0.2, 0.25) is 0 Å². The molecular weight excluding hydrogens is 372 g/mol. The summed E-state index contributed by atoms with van der Waals surface area (Å²) >= 11 is 0. The molecular formula is C26H40N2O2. The van der Waals surface area contributed by atoms with Gasteiger partial charge in [-0.2, -0.15) is 0 Å². The van der Waals surface area contributed by atoms with Crippen molar-refractivity contribution in [2.24, 2.45) is 11.8 Å². The van der Waals surface area contributed by atoms with Crippen molar-refractivity contribution in [2.75, 3.05) is 33.4 Å². The minimum atomic E-state index is 0.326. The van der Waals surface area contributed by atoms with E-state index in [1.807, 2.05) is 18.3 Å². The van der Waals surface area contributed by atoms with Gasteiger partial charge in [-0.3, -0.25) is 4.98 Å². The standard InChI is InChI=1S/C26H40N2O2/c1-3-4-5-6-7-16-28-17-14-21(23(19-28)20-29)9-8-10-22-13-15-27-26-12-11-24(30-2)18-25(22)26/h11-13,15,18,21,23,29H,3-10,14,16-17,19-20H2,1-2H3/t21-,23+/m0/s1. The number of hydrogen-bond donors (Lipinski definition) is 1. The van der Waals surface area contributed by atoms with Crippen LogP contribution in [-0.2, 0) is 6.42 Å². The Balaban J connectivity index is 1.47. The van der Waals surface area contributed by atoms with Crippen LogP contribution < -0.4 is 4.74 Å². The van der Waals surface area contributed by atoms with Crippen LogP contribution in [0, 0.1) is 11.8 Å². The Labute approximate surface area is 182 Å². The SMILES string of the molecule is CCCCCCCN1CC[C@H](CCCc2ccnc3ccc(OC)cc23)[C@@H](CO)C1. The number of aryl methyl sites for hydroxylation is 1. The molecule has 1 aliphatic rings. The van der Waals surface area contributed by atoms with Crippen LogP contribution in [0.2, 0.25) is 0 Å². The van der Waals surface area contributed by atoms with Crippen molar-refractivity contribution in [2.45, 2.75) is 64.7 Å². The summed E-state index contributed by atoms with van der Waals surface area (Å²) < 4.78 is 5.40. The van der Waals surface area contributed by atoms with E-state index in [1.54, 1.807) is 7.11 Å². The maximum absolute atomic E-state index is 9.99. The zero-order chi connectivity index (χ0) is 21.2. The van der Waals surface area contributed by atoms with Crippen molar-refractivity contribution in [3.8, 4) is 5.75 Å². The van der Waals surface area contributed by atoms with E-state index >= 15 is 0 Å². The van der Waals surface area contributed by atoms with E-state index in [2.05, 4.69) is 28.9 Å². The maximum atomic E-state index is 9.99. The van der Waals surface area contributed by atoms with E-state index in [1.165, 1.54) is 69.0 Å². The van der Waals surface area contributed by atoms with Crippen molar-refractivity contribution < 1.29 is 9.84 Å². The van der Waals surface area contributed by atoms with Gasteiger partial charge in [-0.15, -0.1) is 0 Å². The molecule has 3 rings (SSSR count). The van der Waals surface area contributed by atoms with Gasteiger partial charge >= 0.3 is 0 Å². The Hall–Kier alpha value is -1.65. The first-order valence-electron chi connectivity index (χ1n) is 12.0. The first-order valence-corrected chi connectivity index (χ1v) is 12.0. The minimum absolute atomic E-state index is 0.326. The van der Waals surface area contributed by atoms with E-state index < -0.39 is 0 Å². The van der Waals surface area contributed by atoms with Gasteiger partial charge in [0.15, 0.2) is 0 Å². The Kier molecular flexibility index (Phi) is 9.41. The molecule has 1 saturated heterocycles. The van der Waals surface area contributed by atoms with Crippen LogP contribution in [0.4, 0.5) is 0 Å². The van der Waals surface area contributed by atoms with Crippen LogP contribution in [0.25, 0.3) is 10.9 Å². The minimum Gasteiger partial charge on any atom is -0.497 e. The number of piperidine rings is 1. The summed E-state index contributed by atoms with van der Waals surface area (Å²) in [5.74, 6) is 1.97.